The third-order valence-electron chi connectivity index (χ3n) is 3.37. The molecule has 4 nitrogen and oxygen atoms in total. The quantitative estimate of drug-likeness (QED) is 0.785. The van der Waals surface area contributed by atoms with E-state index in [0.29, 0.717) is 5.76 Å². The lowest BCUT2D eigenvalue weighted by atomic mass is 10.1. The van der Waals surface area contributed by atoms with Crippen molar-refractivity contribution in [2.24, 2.45) is 0 Å². The SMILES string of the molecule is O=c1cc(CO)oc(-c2ccccc2)c1OCc1ccccc1. The molecule has 3 aromatic rings. The lowest BCUT2D eigenvalue weighted by Crippen LogP contribution is -2.10. The summed E-state index contributed by atoms with van der Waals surface area (Å²) in [6, 6.07) is 20.1. The van der Waals surface area contributed by atoms with E-state index in [0.717, 1.165) is 11.1 Å². The number of ether oxygens (including phenoxy) is 1. The highest BCUT2D eigenvalue weighted by atomic mass is 16.5. The standard InChI is InChI=1S/C19H16O4/c20-12-16-11-17(21)19(22-13-14-7-3-1-4-8-14)18(23-16)15-9-5-2-6-10-15/h1-11,20H,12-13H2. The van der Waals surface area contributed by atoms with Crippen LogP contribution in [0.15, 0.2) is 75.9 Å². The fraction of sp³-hybridized carbons (Fsp3) is 0.105. The summed E-state index contributed by atoms with van der Waals surface area (Å²) in [4.78, 5) is 12.3. The summed E-state index contributed by atoms with van der Waals surface area (Å²) < 4.78 is 11.4. The first-order valence-corrected chi connectivity index (χ1v) is 7.28. The molecule has 116 valence electrons. The van der Waals surface area contributed by atoms with Crippen LogP contribution in [-0.4, -0.2) is 5.11 Å². The van der Waals surface area contributed by atoms with Gasteiger partial charge in [-0.2, -0.15) is 0 Å². The predicted octanol–water partition coefficient (Wildman–Crippen LogP) is 3.38. The molecule has 0 saturated heterocycles. The molecule has 0 bridgehead atoms. The van der Waals surface area contributed by atoms with Crippen LogP contribution in [0.4, 0.5) is 0 Å². The zero-order valence-corrected chi connectivity index (χ0v) is 12.4. The van der Waals surface area contributed by atoms with E-state index < -0.39 is 0 Å². The first-order chi connectivity index (χ1) is 11.3. The van der Waals surface area contributed by atoms with Crippen molar-refractivity contribution in [2.45, 2.75) is 13.2 Å². The maximum Gasteiger partial charge on any atom is 0.227 e. The summed E-state index contributed by atoms with van der Waals surface area (Å²) >= 11 is 0. The molecule has 0 aliphatic heterocycles. The van der Waals surface area contributed by atoms with E-state index in [1.54, 1.807) is 0 Å². The van der Waals surface area contributed by atoms with Crippen LogP contribution in [0.3, 0.4) is 0 Å². The summed E-state index contributed by atoms with van der Waals surface area (Å²) in [6.07, 6.45) is 0. The number of rotatable bonds is 5. The second kappa shape index (κ2) is 6.94. The Morgan fingerprint density at radius 3 is 2.26 bits per heavy atom. The average molecular weight is 308 g/mol. The highest BCUT2D eigenvalue weighted by molar-refractivity contribution is 5.64. The van der Waals surface area contributed by atoms with Crippen molar-refractivity contribution in [3.05, 3.63) is 88.3 Å². The van der Waals surface area contributed by atoms with Crippen molar-refractivity contribution >= 4 is 0 Å². The Labute approximate surface area is 133 Å². The Morgan fingerprint density at radius 2 is 1.61 bits per heavy atom. The Balaban J connectivity index is 1.99. The van der Waals surface area contributed by atoms with Crippen LogP contribution in [0.2, 0.25) is 0 Å². The number of aliphatic hydroxyl groups is 1. The minimum absolute atomic E-state index is 0.150. The molecule has 4 heteroatoms. The molecule has 0 unspecified atom stereocenters. The van der Waals surface area contributed by atoms with E-state index in [9.17, 15) is 9.90 Å². The maximum atomic E-state index is 12.3. The molecular weight excluding hydrogens is 292 g/mol. The summed E-state index contributed by atoms with van der Waals surface area (Å²) in [7, 11) is 0. The molecule has 1 N–H and O–H groups in total. The minimum Gasteiger partial charge on any atom is -0.481 e. The summed E-state index contributed by atoms with van der Waals surface area (Å²) in [5.74, 6) is 0.691. The molecule has 0 spiro atoms. The van der Waals surface area contributed by atoms with E-state index in [2.05, 4.69) is 0 Å². The molecule has 0 fully saturated rings. The predicted molar refractivity (Wildman–Crippen MR) is 87.1 cm³/mol. The average Bonchev–Trinajstić information content (AvgIpc) is 2.61. The normalized spacial score (nSPS) is 10.5. The molecule has 23 heavy (non-hydrogen) atoms. The fourth-order valence-electron chi connectivity index (χ4n) is 2.25. The Kier molecular flexibility index (Phi) is 4.54. The molecule has 0 aliphatic carbocycles. The first kappa shape index (κ1) is 15.1. The second-order valence-electron chi connectivity index (χ2n) is 5.03. The van der Waals surface area contributed by atoms with E-state index >= 15 is 0 Å². The second-order valence-corrected chi connectivity index (χ2v) is 5.03. The molecule has 3 rings (SSSR count). The maximum absolute atomic E-state index is 12.3. The molecular formula is C19H16O4. The van der Waals surface area contributed by atoms with Gasteiger partial charge in [0.1, 0.15) is 19.0 Å². The smallest absolute Gasteiger partial charge is 0.227 e. The van der Waals surface area contributed by atoms with Crippen LogP contribution < -0.4 is 10.2 Å². The molecule has 2 aromatic carbocycles. The minimum atomic E-state index is -0.339. The van der Waals surface area contributed by atoms with Crippen molar-refractivity contribution < 1.29 is 14.3 Å². The van der Waals surface area contributed by atoms with Gasteiger partial charge >= 0.3 is 0 Å². The molecule has 0 aliphatic rings. The van der Waals surface area contributed by atoms with Gasteiger partial charge in [-0.25, -0.2) is 0 Å². The lowest BCUT2D eigenvalue weighted by molar-refractivity contribution is 0.239. The van der Waals surface area contributed by atoms with Crippen molar-refractivity contribution in [1.29, 1.82) is 0 Å². The molecule has 1 heterocycles. The zero-order valence-electron chi connectivity index (χ0n) is 12.4. The largest absolute Gasteiger partial charge is 0.481 e. The van der Waals surface area contributed by atoms with E-state index in [4.69, 9.17) is 9.15 Å². The van der Waals surface area contributed by atoms with E-state index in [-0.39, 0.29) is 30.2 Å². The van der Waals surface area contributed by atoms with Gasteiger partial charge in [-0.3, -0.25) is 4.79 Å². The van der Waals surface area contributed by atoms with E-state index in [1.807, 2.05) is 60.7 Å². The molecule has 0 amide bonds. The zero-order chi connectivity index (χ0) is 16.1. The van der Waals surface area contributed by atoms with E-state index in [1.165, 1.54) is 6.07 Å². The topological polar surface area (TPSA) is 59.7 Å². The summed E-state index contributed by atoms with van der Waals surface area (Å²) in [5, 5.41) is 9.26. The monoisotopic (exact) mass is 308 g/mol. The summed E-state index contributed by atoms with van der Waals surface area (Å²) in [5.41, 5.74) is 1.37. The number of aliphatic hydroxyl groups excluding tert-OH is 1. The van der Waals surface area contributed by atoms with Crippen molar-refractivity contribution in [1.82, 2.24) is 0 Å². The Hall–Kier alpha value is -2.85. The van der Waals surface area contributed by atoms with Crippen LogP contribution in [0.1, 0.15) is 11.3 Å². The third kappa shape index (κ3) is 3.49. The molecule has 0 saturated carbocycles. The molecule has 1 aromatic heterocycles. The van der Waals surface area contributed by atoms with Gasteiger partial charge in [-0.15, -0.1) is 0 Å². The number of benzene rings is 2. The van der Waals surface area contributed by atoms with Gasteiger partial charge in [0.2, 0.25) is 11.2 Å². The van der Waals surface area contributed by atoms with Crippen molar-refractivity contribution in [3.8, 4) is 17.1 Å². The summed E-state index contributed by atoms with van der Waals surface area (Å²) in [6.45, 7) is -0.0715. The lowest BCUT2D eigenvalue weighted by Gasteiger charge is -2.11. The van der Waals surface area contributed by atoms with Gasteiger partial charge < -0.3 is 14.3 Å². The van der Waals surface area contributed by atoms with Crippen LogP contribution >= 0.6 is 0 Å². The fourth-order valence-corrected chi connectivity index (χ4v) is 2.25. The Bertz CT molecular complexity index is 823. The van der Waals surface area contributed by atoms with Gasteiger partial charge in [0, 0.05) is 11.6 Å². The van der Waals surface area contributed by atoms with Crippen LogP contribution in [-0.2, 0) is 13.2 Å². The molecule has 0 radical (unpaired) electrons. The van der Waals surface area contributed by atoms with Gasteiger partial charge in [0.15, 0.2) is 5.76 Å². The van der Waals surface area contributed by atoms with Crippen molar-refractivity contribution in [2.75, 3.05) is 0 Å². The van der Waals surface area contributed by atoms with Gasteiger partial charge in [0.05, 0.1) is 0 Å². The van der Waals surface area contributed by atoms with Gasteiger partial charge in [-0.05, 0) is 5.56 Å². The molecule has 0 atom stereocenters. The van der Waals surface area contributed by atoms with Crippen LogP contribution in [0, 0.1) is 0 Å². The van der Waals surface area contributed by atoms with Gasteiger partial charge in [-0.1, -0.05) is 60.7 Å². The van der Waals surface area contributed by atoms with Crippen LogP contribution in [0.5, 0.6) is 5.75 Å². The number of hydrogen-bond acceptors (Lipinski definition) is 4. The highest BCUT2D eigenvalue weighted by Gasteiger charge is 2.15. The van der Waals surface area contributed by atoms with Crippen LogP contribution in [0.25, 0.3) is 11.3 Å². The number of hydrogen-bond donors (Lipinski definition) is 1. The Morgan fingerprint density at radius 1 is 0.957 bits per heavy atom. The third-order valence-corrected chi connectivity index (χ3v) is 3.37. The van der Waals surface area contributed by atoms with Crippen molar-refractivity contribution in [3.63, 3.8) is 0 Å². The first-order valence-electron chi connectivity index (χ1n) is 7.28. The van der Waals surface area contributed by atoms with Gasteiger partial charge in [0.25, 0.3) is 0 Å². The highest BCUT2D eigenvalue weighted by Crippen LogP contribution is 2.28.